The molecule has 1 aromatic rings. The lowest BCUT2D eigenvalue weighted by atomic mass is 10.5. The van der Waals surface area contributed by atoms with Crippen LogP contribution in [0.25, 0.3) is 0 Å². The molecule has 0 aliphatic heterocycles. The van der Waals surface area contributed by atoms with Gasteiger partial charge in [-0.15, -0.1) is 0 Å². The van der Waals surface area contributed by atoms with Gasteiger partial charge in [0.1, 0.15) is 0 Å². The first-order valence-electron chi connectivity index (χ1n) is 3.94. The first-order chi connectivity index (χ1) is 5.81. The Kier molecular flexibility index (Phi) is 8.39. The predicted octanol–water partition coefficient (Wildman–Crippen LogP) is 2.89. The Labute approximate surface area is 82.1 Å². The summed E-state index contributed by atoms with van der Waals surface area (Å²) in [5.41, 5.74) is 0. The molecule has 0 aliphatic rings. The molecule has 0 fully saturated rings. The third-order valence-corrected chi connectivity index (χ3v) is 1.58. The molecule has 0 aromatic carbocycles. The number of halogens is 1. The van der Waals surface area contributed by atoms with E-state index in [1.54, 1.807) is 12.4 Å². The van der Waals surface area contributed by atoms with Crippen LogP contribution in [0.5, 0.6) is 0 Å². The third kappa shape index (κ3) is 7.69. The monoisotopic (exact) mass is 231 g/mol. The molecule has 0 saturated heterocycles. The number of nitrogens with zero attached hydrogens (tertiary/aromatic N) is 1. The highest BCUT2D eigenvalue weighted by Gasteiger charge is 1.75. The Hall–Kier alpha value is -0.410. The normalized spacial score (nSPS) is 8.58. The van der Waals surface area contributed by atoms with Crippen molar-refractivity contribution in [2.24, 2.45) is 0 Å². The molecular weight excluding hydrogens is 218 g/mol. The SMILES string of the molecule is Brc1ccncc1.CCOCC. The molecule has 0 saturated carbocycles. The van der Waals surface area contributed by atoms with Gasteiger partial charge in [0.25, 0.3) is 0 Å². The number of ether oxygens (including phenoxy) is 1. The van der Waals surface area contributed by atoms with E-state index in [0.29, 0.717) is 0 Å². The zero-order chi connectivity index (χ0) is 9.23. The number of hydrogen-bond donors (Lipinski definition) is 0. The van der Waals surface area contributed by atoms with Crippen LogP contribution in [0.2, 0.25) is 0 Å². The predicted molar refractivity (Wildman–Crippen MR) is 54.1 cm³/mol. The second-order valence-electron chi connectivity index (χ2n) is 1.95. The molecule has 68 valence electrons. The van der Waals surface area contributed by atoms with Crippen molar-refractivity contribution in [3.8, 4) is 0 Å². The van der Waals surface area contributed by atoms with Gasteiger partial charge >= 0.3 is 0 Å². The van der Waals surface area contributed by atoms with Crippen molar-refractivity contribution in [3.05, 3.63) is 29.0 Å². The molecule has 1 rings (SSSR count). The highest BCUT2D eigenvalue weighted by molar-refractivity contribution is 9.10. The first kappa shape index (κ1) is 11.6. The van der Waals surface area contributed by atoms with Crippen LogP contribution in [0, 0.1) is 0 Å². The molecule has 2 nitrogen and oxygen atoms in total. The molecule has 0 spiro atoms. The van der Waals surface area contributed by atoms with Crippen LogP contribution in [0.3, 0.4) is 0 Å². The Morgan fingerprint density at radius 1 is 1.25 bits per heavy atom. The summed E-state index contributed by atoms with van der Waals surface area (Å²) in [6.45, 7) is 5.67. The molecule has 1 heterocycles. The van der Waals surface area contributed by atoms with Crippen LogP contribution in [-0.2, 0) is 4.74 Å². The minimum atomic E-state index is 0.844. The van der Waals surface area contributed by atoms with Crippen LogP contribution in [0.4, 0.5) is 0 Å². The van der Waals surface area contributed by atoms with Gasteiger partial charge in [0.2, 0.25) is 0 Å². The minimum Gasteiger partial charge on any atom is -0.382 e. The maximum Gasteiger partial charge on any atom is 0.0437 e. The van der Waals surface area contributed by atoms with Gasteiger partial charge in [-0.3, -0.25) is 4.98 Å². The Morgan fingerprint density at radius 2 is 1.75 bits per heavy atom. The van der Waals surface area contributed by atoms with E-state index in [9.17, 15) is 0 Å². The van der Waals surface area contributed by atoms with Gasteiger partial charge in [-0.25, -0.2) is 0 Å². The molecule has 0 N–H and O–H groups in total. The number of rotatable bonds is 2. The zero-order valence-electron chi connectivity index (χ0n) is 7.46. The summed E-state index contributed by atoms with van der Waals surface area (Å²) in [4.78, 5) is 3.82. The molecule has 0 bridgehead atoms. The smallest absolute Gasteiger partial charge is 0.0437 e. The van der Waals surface area contributed by atoms with Gasteiger partial charge in [-0.2, -0.15) is 0 Å². The maximum atomic E-state index is 4.83. The van der Waals surface area contributed by atoms with Crippen molar-refractivity contribution >= 4 is 15.9 Å². The van der Waals surface area contributed by atoms with Gasteiger partial charge in [-0.05, 0) is 26.0 Å². The minimum absolute atomic E-state index is 0.844. The van der Waals surface area contributed by atoms with Crippen LogP contribution in [0.15, 0.2) is 29.0 Å². The highest BCUT2D eigenvalue weighted by atomic mass is 79.9. The summed E-state index contributed by atoms with van der Waals surface area (Å²) >= 11 is 3.27. The van der Waals surface area contributed by atoms with Gasteiger partial charge in [-0.1, -0.05) is 15.9 Å². The second kappa shape index (κ2) is 8.68. The lowest BCUT2D eigenvalue weighted by molar-refractivity contribution is 0.162. The number of aromatic nitrogens is 1. The van der Waals surface area contributed by atoms with Crippen LogP contribution >= 0.6 is 15.9 Å². The summed E-state index contributed by atoms with van der Waals surface area (Å²) in [6.07, 6.45) is 3.48. The Morgan fingerprint density at radius 3 is 1.92 bits per heavy atom. The number of hydrogen-bond acceptors (Lipinski definition) is 2. The van der Waals surface area contributed by atoms with E-state index in [1.165, 1.54) is 0 Å². The van der Waals surface area contributed by atoms with Crippen molar-refractivity contribution in [1.29, 1.82) is 0 Å². The van der Waals surface area contributed by atoms with E-state index in [1.807, 2.05) is 26.0 Å². The molecule has 1 aromatic heterocycles. The lowest BCUT2D eigenvalue weighted by Crippen LogP contribution is -1.84. The molecule has 12 heavy (non-hydrogen) atoms. The average Bonchev–Trinajstić information content (AvgIpc) is 2.08. The zero-order valence-corrected chi connectivity index (χ0v) is 9.04. The average molecular weight is 232 g/mol. The summed E-state index contributed by atoms with van der Waals surface area (Å²) in [7, 11) is 0. The topological polar surface area (TPSA) is 22.1 Å². The Balaban J connectivity index is 0.000000217. The van der Waals surface area contributed by atoms with Gasteiger partial charge in [0.05, 0.1) is 0 Å². The standard InChI is InChI=1S/C5H4BrN.C4H10O/c6-5-1-3-7-4-2-5;1-3-5-4-2/h1-4H;3-4H2,1-2H3. The molecule has 0 aliphatic carbocycles. The van der Waals surface area contributed by atoms with E-state index in [2.05, 4.69) is 20.9 Å². The van der Waals surface area contributed by atoms with Gasteiger partial charge in [0.15, 0.2) is 0 Å². The van der Waals surface area contributed by atoms with E-state index in [0.717, 1.165) is 17.7 Å². The Bertz CT molecular complexity index is 177. The fourth-order valence-electron chi connectivity index (χ4n) is 0.538. The van der Waals surface area contributed by atoms with Crippen molar-refractivity contribution < 1.29 is 4.74 Å². The fourth-order valence-corrected chi connectivity index (χ4v) is 0.774. The highest BCUT2D eigenvalue weighted by Crippen LogP contribution is 2.03. The van der Waals surface area contributed by atoms with Gasteiger partial charge in [0, 0.05) is 30.1 Å². The summed E-state index contributed by atoms with van der Waals surface area (Å²) in [5, 5.41) is 0. The molecule has 0 radical (unpaired) electrons. The summed E-state index contributed by atoms with van der Waals surface area (Å²) < 4.78 is 5.91. The third-order valence-electron chi connectivity index (χ3n) is 1.05. The van der Waals surface area contributed by atoms with Crippen LogP contribution in [-0.4, -0.2) is 18.2 Å². The van der Waals surface area contributed by atoms with Crippen molar-refractivity contribution in [2.75, 3.05) is 13.2 Å². The summed E-state index contributed by atoms with van der Waals surface area (Å²) in [6, 6.07) is 3.78. The molecule has 0 unspecified atom stereocenters. The van der Waals surface area contributed by atoms with Crippen molar-refractivity contribution in [3.63, 3.8) is 0 Å². The number of pyridine rings is 1. The maximum absolute atomic E-state index is 4.83. The van der Waals surface area contributed by atoms with Crippen molar-refractivity contribution in [2.45, 2.75) is 13.8 Å². The van der Waals surface area contributed by atoms with Crippen LogP contribution in [0.1, 0.15) is 13.8 Å². The molecule has 3 heteroatoms. The first-order valence-corrected chi connectivity index (χ1v) is 4.73. The largest absolute Gasteiger partial charge is 0.382 e. The van der Waals surface area contributed by atoms with E-state index >= 15 is 0 Å². The summed E-state index contributed by atoms with van der Waals surface area (Å²) in [5.74, 6) is 0. The van der Waals surface area contributed by atoms with E-state index in [4.69, 9.17) is 4.74 Å². The van der Waals surface area contributed by atoms with E-state index < -0.39 is 0 Å². The van der Waals surface area contributed by atoms with Crippen molar-refractivity contribution in [1.82, 2.24) is 4.98 Å². The quantitative estimate of drug-likeness (QED) is 0.782. The molecule has 0 amide bonds. The molecule has 0 atom stereocenters. The lowest BCUT2D eigenvalue weighted by Gasteiger charge is -1.86. The molecular formula is C9H14BrNO. The second-order valence-corrected chi connectivity index (χ2v) is 2.86. The van der Waals surface area contributed by atoms with Gasteiger partial charge < -0.3 is 4.74 Å². The van der Waals surface area contributed by atoms with E-state index in [-0.39, 0.29) is 0 Å². The van der Waals surface area contributed by atoms with Crippen LogP contribution < -0.4 is 0 Å². The fraction of sp³-hybridized carbons (Fsp3) is 0.444.